The van der Waals surface area contributed by atoms with Gasteiger partial charge in [0.1, 0.15) is 0 Å². The van der Waals surface area contributed by atoms with Gasteiger partial charge in [0.15, 0.2) is 5.82 Å². The highest BCUT2D eigenvalue weighted by atomic mass is 32.2. The SMILES string of the molecule is CN(C)c1cccc2c(S(=O)(=O)Nc3cccnn3)cccc12. The molecule has 7 heteroatoms. The van der Waals surface area contributed by atoms with Crippen LogP contribution in [0.3, 0.4) is 0 Å². The van der Waals surface area contributed by atoms with Gasteiger partial charge in [0.05, 0.1) is 4.90 Å². The van der Waals surface area contributed by atoms with E-state index in [2.05, 4.69) is 14.9 Å². The minimum atomic E-state index is -3.75. The number of nitrogens with zero attached hydrogens (tertiary/aromatic N) is 3. The average molecular weight is 328 g/mol. The zero-order valence-corrected chi connectivity index (χ0v) is 13.6. The van der Waals surface area contributed by atoms with Gasteiger partial charge >= 0.3 is 0 Å². The lowest BCUT2D eigenvalue weighted by Crippen LogP contribution is -2.15. The molecule has 0 fully saturated rings. The summed E-state index contributed by atoms with van der Waals surface area (Å²) >= 11 is 0. The quantitative estimate of drug-likeness (QED) is 0.796. The van der Waals surface area contributed by atoms with Crippen molar-refractivity contribution in [2.24, 2.45) is 0 Å². The Morgan fingerprint density at radius 2 is 1.70 bits per heavy atom. The molecule has 0 atom stereocenters. The standard InChI is InChI=1S/C16H16N4O2S/c1-20(2)14-8-3-7-13-12(14)6-4-9-15(13)23(21,22)19-16-10-5-11-17-18-16/h3-11H,1-2H3,(H,18,19). The minimum absolute atomic E-state index is 0.188. The zero-order valence-electron chi connectivity index (χ0n) is 12.8. The molecule has 2 aromatic carbocycles. The van der Waals surface area contributed by atoms with E-state index in [0.717, 1.165) is 11.1 Å². The summed E-state index contributed by atoms with van der Waals surface area (Å²) in [6.45, 7) is 0. The lowest BCUT2D eigenvalue weighted by Gasteiger charge is -2.17. The molecular weight excluding hydrogens is 312 g/mol. The summed E-state index contributed by atoms with van der Waals surface area (Å²) in [6, 6.07) is 14.0. The Morgan fingerprint density at radius 1 is 0.957 bits per heavy atom. The van der Waals surface area contributed by atoms with Crippen molar-refractivity contribution < 1.29 is 8.42 Å². The number of anilines is 2. The molecule has 0 saturated carbocycles. The fraction of sp³-hybridized carbons (Fsp3) is 0.125. The van der Waals surface area contributed by atoms with Crippen LogP contribution in [0.4, 0.5) is 11.5 Å². The molecule has 0 aliphatic heterocycles. The van der Waals surface area contributed by atoms with Crippen molar-refractivity contribution in [2.45, 2.75) is 4.90 Å². The van der Waals surface area contributed by atoms with Gasteiger partial charge in [0, 0.05) is 36.8 Å². The number of hydrogen-bond donors (Lipinski definition) is 1. The first-order valence-corrected chi connectivity index (χ1v) is 8.47. The molecule has 118 valence electrons. The van der Waals surface area contributed by atoms with E-state index in [0.29, 0.717) is 5.39 Å². The molecule has 23 heavy (non-hydrogen) atoms. The second-order valence-corrected chi connectivity index (χ2v) is 6.89. The Kier molecular flexibility index (Phi) is 3.87. The summed E-state index contributed by atoms with van der Waals surface area (Å²) in [6.07, 6.45) is 1.49. The van der Waals surface area contributed by atoms with Crippen LogP contribution >= 0.6 is 0 Å². The van der Waals surface area contributed by atoms with Crippen molar-refractivity contribution >= 4 is 32.3 Å². The highest BCUT2D eigenvalue weighted by Gasteiger charge is 2.19. The Hall–Kier alpha value is -2.67. The average Bonchev–Trinajstić information content (AvgIpc) is 2.54. The molecule has 1 aromatic heterocycles. The molecule has 0 bridgehead atoms. The van der Waals surface area contributed by atoms with Crippen LogP contribution in [-0.2, 0) is 10.0 Å². The predicted molar refractivity (Wildman–Crippen MR) is 91.1 cm³/mol. The molecule has 0 radical (unpaired) electrons. The van der Waals surface area contributed by atoms with Crippen molar-refractivity contribution in [3.8, 4) is 0 Å². The molecule has 0 aliphatic rings. The zero-order chi connectivity index (χ0) is 16.4. The van der Waals surface area contributed by atoms with Crippen molar-refractivity contribution in [3.05, 3.63) is 54.7 Å². The number of rotatable bonds is 4. The molecule has 0 saturated heterocycles. The van der Waals surface area contributed by atoms with Gasteiger partial charge in [-0.25, -0.2) is 8.42 Å². The molecule has 0 unspecified atom stereocenters. The second-order valence-electron chi connectivity index (χ2n) is 5.24. The smallest absolute Gasteiger partial charge is 0.263 e. The monoisotopic (exact) mass is 328 g/mol. The highest BCUT2D eigenvalue weighted by molar-refractivity contribution is 7.93. The van der Waals surface area contributed by atoms with E-state index < -0.39 is 10.0 Å². The van der Waals surface area contributed by atoms with Crippen LogP contribution in [0.25, 0.3) is 10.8 Å². The molecule has 0 spiro atoms. The Morgan fingerprint density at radius 3 is 2.39 bits per heavy atom. The first kappa shape index (κ1) is 15.2. The van der Waals surface area contributed by atoms with Gasteiger partial charge in [-0.2, -0.15) is 5.10 Å². The van der Waals surface area contributed by atoms with E-state index in [9.17, 15) is 8.42 Å². The maximum absolute atomic E-state index is 12.7. The largest absolute Gasteiger partial charge is 0.377 e. The lowest BCUT2D eigenvalue weighted by molar-refractivity contribution is 0.601. The van der Waals surface area contributed by atoms with E-state index in [1.54, 1.807) is 30.3 Å². The van der Waals surface area contributed by atoms with Crippen molar-refractivity contribution in [1.29, 1.82) is 0 Å². The number of hydrogen-bond acceptors (Lipinski definition) is 5. The molecule has 3 rings (SSSR count). The van der Waals surface area contributed by atoms with Crippen LogP contribution < -0.4 is 9.62 Å². The minimum Gasteiger partial charge on any atom is -0.377 e. The number of aromatic nitrogens is 2. The Labute approximate surface area is 134 Å². The summed E-state index contributed by atoms with van der Waals surface area (Å²) in [7, 11) is 0.0953. The summed E-state index contributed by atoms with van der Waals surface area (Å²) in [5.74, 6) is 0.188. The van der Waals surface area contributed by atoms with Crippen LogP contribution in [0, 0.1) is 0 Å². The fourth-order valence-corrected chi connectivity index (χ4v) is 3.66. The van der Waals surface area contributed by atoms with Gasteiger partial charge in [0.2, 0.25) is 0 Å². The van der Waals surface area contributed by atoms with Gasteiger partial charge in [-0.1, -0.05) is 24.3 Å². The van der Waals surface area contributed by atoms with Crippen molar-refractivity contribution in [2.75, 3.05) is 23.7 Å². The summed E-state index contributed by atoms with van der Waals surface area (Å²) < 4.78 is 27.9. The summed E-state index contributed by atoms with van der Waals surface area (Å²) in [5, 5.41) is 8.98. The van der Waals surface area contributed by atoms with E-state index in [-0.39, 0.29) is 10.7 Å². The maximum atomic E-state index is 12.7. The Balaban J connectivity index is 2.14. The molecule has 6 nitrogen and oxygen atoms in total. The third-order valence-electron chi connectivity index (χ3n) is 3.44. The van der Waals surface area contributed by atoms with Crippen LogP contribution in [0.15, 0.2) is 59.6 Å². The van der Waals surface area contributed by atoms with Crippen molar-refractivity contribution in [3.63, 3.8) is 0 Å². The maximum Gasteiger partial charge on any atom is 0.263 e. The molecule has 0 amide bonds. The third-order valence-corrected chi connectivity index (χ3v) is 4.85. The normalized spacial score (nSPS) is 11.4. The van der Waals surface area contributed by atoms with Gasteiger partial charge in [-0.15, -0.1) is 5.10 Å². The van der Waals surface area contributed by atoms with E-state index in [1.807, 2.05) is 37.2 Å². The van der Waals surface area contributed by atoms with Crippen LogP contribution in [-0.4, -0.2) is 32.7 Å². The van der Waals surface area contributed by atoms with E-state index in [4.69, 9.17) is 0 Å². The van der Waals surface area contributed by atoms with Crippen LogP contribution in [0.1, 0.15) is 0 Å². The van der Waals surface area contributed by atoms with Crippen molar-refractivity contribution in [1.82, 2.24) is 10.2 Å². The highest BCUT2D eigenvalue weighted by Crippen LogP contribution is 2.30. The van der Waals surface area contributed by atoms with Gasteiger partial charge in [0.25, 0.3) is 10.0 Å². The summed E-state index contributed by atoms with van der Waals surface area (Å²) in [4.78, 5) is 2.17. The van der Waals surface area contributed by atoms with E-state index >= 15 is 0 Å². The van der Waals surface area contributed by atoms with Crippen LogP contribution in [0.5, 0.6) is 0 Å². The lowest BCUT2D eigenvalue weighted by atomic mass is 10.1. The second kappa shape index (κ2) is 5.85. The molecule has 0 aliphatic carbocycles. The Bertz CT molecular complexity index is 941. The molecule has 3 aromatic rings. The molecule has 1 heterocycles. The number of fused-ring (bicyclic) bond motifs is 1. The van der Waals surface area contributed by atoms with Gasteiger partial charge in [-0.05, 0) is 24.3 Å². The number of sulfonamides is 1. The van der Waals surface area contributed by atoms with E-state index in [1.165, 1.54) is 6.20 Å². The third kappa shape index (κ3) is 2.95. The molecular formula is C16H16N4O2S. The summed E-state index contributed by atoms with van der Waals surface area (Å²) in [5.41, 5.74) is 0.957. The predicted octanol–water partition coefficient (Wildman–Crippen LogP) is 2.50. The first-order valence-electron chi connectivity index (χ1n) is 6.98. The van der Waals surface area contributed by atoms with Gasteiger partial charge < -0.3 is 4.90 Å². The molecule has 1 N–H and O–H groups in total. The number of benzene rings is 2. The van der Waals surface area contributed by atoms with Crippen LogP contribution in [0.2, 0.25) is 0 Å². The first-order chi connectivity index (χ1) is 11.0. The van der Waals surface area contributed by atoms with Gasteiger partial charge in [-0.3, -0.25) is 4.72 Å². The fourth-order valence-electron chi connectivity index (χ4n) is 2.44. The number of nitrogens with one attached hydrogen (secondary N) is 1. The topological polar surface area (TPSA) is 75.2 Å².